The molecule has 0 atom stereocenters. The van der Waals surface area contributed by atoms with Gasteiger partial charge in [-0.1, -0.05) is 51.1 Å². The number of nitrogens with zero attached hydrogens (tertiary/aromatic N) is 6. The number of fused-ring (bicyclic) bond motifs is 1. The summed E-state index contributed by atoms with van der Waals surface area (Å²) in [5, 5.41) is 12.8. The molecule has 2 aromatic carbocycles. The molecule has 0 radical (unpaired) electrons. The first-order valence-electron chi connectivity index (χ1n) is 14.5. The molecule has 0 bridgehead atoms. The van der Waals surface area contributed by atoms with E-state index in [2.05, 4.69) is 51.3 Å². The Hall–Kier alpha value is -4.67. The fourth-order valence-corrected chi connectivity index (χ4v) is 5.18. The van der Waals surface area contributed by atoms with Crippen LogP contribution < -0.4 is 10.6 Å². The third kappa shape index (κ3) is 6.25. The lowest BCUT2D eigenvalue weighted by atomic mass is 9.92. The van der Waals surface area contributed by atoms with Crippen LogP contribution in [-0.2, 0) is 16.7 Å². The van der Waals surface area contributed by atoms with Gasteiger partial charge in [-0.3, -0.25) is 15.2 Å². The highest BCUT2D eigenvalue weighted by Crippen LogP contribution is 2.33. The molecule has 1 fully saturated rings. The third-order valence-corrected chi connectivity index (χ3v) is 7.58. The number of anilines is 2. The highest BCUT2D eigenvalue weighted by molar-refractivity contribution is 6.09. The van der Waals surface area contributed by atoms with E-state index in [9.17, 15) is 4.79 Å². The van der Waals surface area contributed by atoms with E-state index in [0.29, 0.717) is 18.1 Å². The van der Waals surface area contributed by atoms with Crippen LogP contribution in [0.4, 0.5) is 16.3 Å². The molecule has 6 rings (SSSR count). The molecule has 1 aliphatic heterocycles. The van der Waals surface area contributed by atoms with Gasteiger partial charge in [0.1, 0.15) is 11.6 Å². The molecule has 1 saturated heterocycles. The zero-order valence-electron chi connectivity index (χ0n) is 25.0. The first-order valence-corrected chi connectivity index (χ1v) is 14.5. The number of urea groups is 1. The van der Waals surface area contributed by atoms with Crippen molar-refractivity contribution in [2.45, 2.75) is 39.7 Å². The van der Waals surface area contributed by atoms with Crippen LogP contribution in [0.15, 0.2) is 73.2 Å². The van der Waals surface area contributed by atoms with Gasteiger partial charge in [-0.2, -0.15) is 5.10 Å². The molecule has 220 valence electrons. The Morgan fingerprint density at radius 3 is 2.40 bits per heavy atom. The number of hydrogen-bond donors (Lipinski definition) is 2. The number of nitrogens with one attached hydrogen (secondary N) is 2. The SMILES string of the molecule is Cc1ncccc1-n1nc(C(C)(C)C)cc1NC(=O)Nc1ccc(-c2cnc(CN3CCOCC3)nc2)c2ccccc12. The predicted molar refractivity (Wildman–Crippen MR) is 169 cm³/mol. The van der Waals surface area contributed by atoms with Crippen LogP contribution in [0.2, 0.25) is 0 Å². The van der Waals surface area contributed by atoms with Crippen molar-refractivity contribution in [2.24, 2.45) is 0 Å². The molecule has 0 spiro atoms. The van der Waals surface area contributed by atoms with Crippen LogP contribution in [0, 0.1) is 6.92 Å². The van der Waals surface area contributed by atoms with Gasteiger partial charge in [0.25, 0.3) is 0 Å². The maximum absolute atomic E-state index is 13.4. The van der Waals surface area contributed by atoms with E-state index in [1.165, 1.54) is 0 Å². The van der Waals surface area contributed by atoms with E-state index in [1.807, 2.05) is 73.9 Å². The molecule has 2 N–H and O–H groups in total. The van der Waals surface area contributed by atoms with Crippen LogP contribution in [0.1, 0.15) is 38.0 Å². The Morgan fingerprint density at radius 1 is 0.930 bits per heavy atom. The van der Waals surface area contributed by atoms with Crippen molar-refractivity contribution in [3.8, 4) is 16.8 Å². The molecule has 2 amide bonds. The number of hydrogen-bond acceptors (Lipinski definition) is 7. The standard InChI is InChI=1S/C33H36N8O2/c1-22-28(10-7-13-34-22)41-31(18-29(39-41)33(2,3)4)38-32(42)37-27-12-11-24(25-8-5-6-9-26(25)27)23-19-35-30(36-20-23)21-40-14-16-43-17-15-40/h5-13,18-20H,14-17,21H2,1-4H3,(H2,37,38,42). The van der Waals surface area contributed by atoms with Crippen molar-refractivity contribution < 1.29 is 9.53 Å². The largest absolute Gasteiger partial charge is 0.379 e. The molecular weight excluding hydrogens is 540 g/mol. The molecule has 4 heterocycles. The topological polar surface area (TPSA) is 110 Å². The number of rotatable bonds is 6. The van der Waals surface area contributed by atoms with Gasteiger partial charge < -0.3 is 10.1 Å². The van der Waals surface area contributed by atoms with Gasteiger partial charge >= 0.3 is 6.03 Å². The van der Waals surface area contributed by atoms with Gasteiger partial charge in [0.05, 0.1) is 42.5 Å². The van der Waals surface area contributed by atoms with Gasteiger partial charge in [-0.15, -0.1) is 0 Å². The van der Waals surface area contributed by atoms with Gasteiger partial charge in [0, 0.05) is 54.1 Å². The molecule has 43 heavy (non-hydrogen) atoms. The summed E-state index contributed by atoms with van der Waals surface area (Å²) in [6, 6.07) is 17.3. The summed E-state index contributed by atoms with van der Waals surface area (Å²) in [6.07, 6.45) is 5.49. The molecular formula is C33H36N8O2. The van der Waals surface area contributed by atoms with Gasteiger partial charge in [0.15, 0.2) is 0 Å². The number of carbonyl (C=O) groups excluding carboxylic acids is 1. The second-order valence-corrected chi connectivity index (χ2v) is 11.7. The van der Waals surface area contributed by atoms with Gasteiger partial charge in [-0.25, -0.2) is 19.4 Å². The molecule has 0 unspecified atom stereocenters. The van der Waals surface area contributed by atoms with Gasteiger partial charge in [0.2, 0.25) is 0 Å². The van der Waals surface area contributed by atoms with Crippen LogP contribution in [-0.4, -0.2) is 62.0 Å². The van der Waals surface area contributed by atoms with E-state index in [-0.39, 0.29) is 11.4 Å². The fourth-order valence-electron chi connectivity index (χ4n) is 5.18. The summed E-state index contributed by atoms with van der Waals surface area (Å²) in [5.41, 5.74) is 4.89. The lowest BCUT2D eigenvalue weighted by molar-refractivity contribution is 0.0330. The van der Waals surface area contributed by atoms with Crippen molar-refractivity contribution in [2.75, 3.05) is 36.9 Å². The molecule has 1 aliphatic rings. The Morgan fingerprint density at radius 2 is 1.67 bits per heavy atom. The summed E-state index contributed by atoms with van der Waals surface area (Å²) >= 11 is 0. The highest BCUT2D eigenvalue weighted by atomic mass is 16.5. The Balaban J connectivity index is 1.25. The molecule has 0 aliphatic carbocycles. The summed E-state index contributed by atoms with van der Waals surface area (Å²) in [5.74, 6) is 1.36. The summed E-state index contributed by atoms with van der Waals surface area (Å²) < 4.78 is 7.18. The lowest BCUT2D eigenvalue weighted by Gasteiger charge is -2.25. The van der Waals surface area contributed by atoms with E-state index < -0.39 is 0 Å². The quantitative estimate of drug-likeness (QED) is 0.257. The minimum atomic E-state index is -0.364. The van der Waals surface area contributed by atoms with Crippen molar-refractivity contribution in [1.82, 2.24) is 29.6 Å². The molecule has 0 saturated carbocycles. The predicted octanol–water partition coefficient (Wildman–Crippen LogP) is 5.96. The Labute approximate surface area is 251 Å². The zero-order valence-corrected chi connectivity index (χ0v) is 25.0. The van der Waals surface area contributed by atoms with Crippen LogP contribution in [0.5, 0.6) is 0 Å². The molecule has 5 aromatic rings. The Bertz CT molecular complexity index is 1750. The normalized spacial score (nSPS) is 14.1. The average Bonchev–Trinajstić information content (AvgIpc) is 3.43. The number of carbonyl (C=O) groups is 1. The maximum atomic E-state index is 13.4. The third-order valence-electron chi connectivity index (χ3n) is 7.58. The maximum Gasteiger partial charge on any atom is 0.324 e. The number of pyridine rings is 1. The summed E-state index contributed by atoms with van der Waals surface area (Å²) in [4.78, 5) is 29.4. The number of aromatic nitrogens is 5. The number of amides is 2. The first kappa shape index (κ1) is 28.4. The smallest absolute Gasteiger partial charge is 0.324 e. The van der Waals surface area contributed by atoms with E-state index in [1.54, 1.807) is 10.9 Å². The number of morpholine rings is 1. The van der Waals surface area contributed by atoms with Crippen LogP contribution in [0.25, 0.3) is 27.6 Å². The molecule has 3 aromatic heterocycles. The van der Waals surface area contributed by atoms with Crippen molar-refractivity contribution in [3.05, 3.63) is 90.4 Å². The monoisotopic (exact) mass is 576 g/mol. The minimum Gasteiger partial charge on any atom is -0.379 e. The highest BCUT2D eigenvalue weighted by Gasteiger charge is 2.23. The fraction of sp³-hybridized carbons (Fsp3) is 0.303. The molecule has 10 nitrogen and oxygen atoms in total. The second kappa shape index (κ2) is 11.9. The number of benzene rings is 2. The van der Waals surface area contributed by atoms with Crippen molar-refractivity contribution >= 4 is 28.3 Å². The summed E-state index contributed by atoms with van der Waals surface area (Å²) in [6.45, 7) is 12.2. The average molecular weight is 577 g/mol. The van der Waals surface area contributed by atoms with E-state index in [4.69, 9.17) is 9.84 Å². The van der Waals surface area contributed by atoms with Crippen LogP contribution in [0.3, 0.4) is 0 Å². The lowest BCUT2D eigenvalue weighted by Crippen LogP contribution is -2.36. The number of aryl methyl sites for hydroxylation is 1. The van der Waals surface area contributed by atoms with E-state index >= 15 is 0 Å². The minimum absolute atomic E-state index is 0.204. The van der Waals surface area contributed by atoms with Crippen molar-refractivity contribution in [1.29, 1.82) is 0 Å². The van der Waals surface area contributed by atoms with Crippen LogP contribution >= 0.6 is 0 Å². The van der Waals surface area contributed by atoms with Gasteiger partial charge in [-0.05, 0) is 36.1 Å². The Kier molecular flexibility index (Phi) is 7.88. The van der Waals surface area contributed by atoms with Crippen molar-refractivity contribution in [3.63, 3.8) is 0 Å². The second-order valence-electron chi connectivity index (χ2n) is 11.7. The first-order chi connectivity index (χ1) is 20.8. The number of ether oxygens (including phenoxy) is 1. The zero-order chi connectivity index (χ0) is 30.0. The summed E-state index contributed by atoms with van der Waals surface area (Å²) in [7, 11) is 0. The van der Waals surface area contributed by atoms with E-state index in [0.717, 1.165) is 71.1 Å². The molecule has 10 heteroatoms.